The summed E-state index contributed by atoms with van der Waals surface area (Å²) in [5.41, 5.74) is -0.380. The van der Waals surface area contributed by atoms with Crippen LogP contribution in [0.25, 0.3) is 0 Å². The van der Waals surface area contributed by atoms with E-state index in [9.17, 15) is 13.5 Å². The lowest BCUT2D eigenvalue weighted by Crippen LogP contribution is -2.51. The molecule has 1 aromatic rings. The normalized spacial score (nSPS) is 15.1. The lowest BCUT2D eigenvalue weighted by molar-refractivity contribution is 0.193. The zero-order valence-corrected chi connectivity index (χ0v) is 11.9. The van der Waals surface area contributed by atoms with E-state index in [0.29, 0.717) is 5.56 Å². The van der Waals surface area contributed by atoms with Gasteiger partial charge in [0.2, 0.25) is 0 Å². The second-order valence-electron chi connectivity index (χ2n) is 4.35. The molecule has 0 radical (unpaired) electrons. The maximum absolute atomic E-state index is 11.9. The number of ether oxygens (including phenoxy) is 1. The van der Waals surface area contributed by atoms with Crippen LogP contribution >= 0.6 is 0 Å². The molecule has 7 heteroatoms. The fourth-order valence-corrected chi connectivity index (χ4v) is 2.80. The van der Waals surface area contributed by atoms with E-state index >= 15 is 0 Å². The Balaban J connectivity index is 2.81. The Hall–Kier alpha value is -0.990. The first kappa shape index (κ1) is 16.1. The van der Waals surface area contributed by atoms with Crippen LogP contribution in [0.15, 0.2) is 30.3 Å². The van der Waals surface area contributed by atoms with Gasteiger partial charge in [0, 0.05) is 13.7 Å². The quantitative estimate of drug-likeness (QED) is 0.586. The zero-order chi connectivity index (χ0) is 14.4. The van der Waals surface area contributed by atoms with Crippen LogP contribution in [-0.4, -0.2) is 40.4 Å². The number of methoxy groups -OCH3 is 1. The van der Waals surface area contributed by atoms with Gasteiger partial charge in [0.15, 0.2) is 0 Å². The van der Waals surface area contributed by atoms with Crippen LogP contribution in [-0.2, 0) is 20.5 Å². The van der Waals surface area contributed by atoms with Crippen molar-refractivity contribution in [1.29, 1.82) is 0 Å². The molecule has 0 amide bonds. The molecule has 0 bridgehead atoms. The highest BCUT2D eigenvalue weighted by molar-refractivity contribution is 7.87. The summed E-state index contributed by atoms with van der Waals surface area (Å²) in [6, 6.07) is 8.92. The summed E-state index contributed by atoms with van der Waals surface area (Å²) in [5, 5.41) is 9.49. The molecule has 1 aromatic carbocycles. The van der Waals surface area contributed by atoms with Crippen molar-refractivity contribution in [2.24, 2.45) is 0 Å². The van der Waals surface area contributed by atoms with E-state index in [1.807, 2.05) is 6.07 Å². The highest BCUT2D eigenvalue weighted by atomic mass is 32.2. The van der Waals surface area contributed by atoms with Crippen LogP contribution in [0.3, 0.4) is 0 Å². The van der Waals surface area contributed by atoms with Gasteiger partial charge in [-0.2, -0.15) is 17.9 Å². The molecule has 3 N–H and O–H groups in total. The maximum Gasteiger partial charge on any atom is 0.277 e. The largest absolute Gasteiger partial charge is 0.394 e. The Morgan fingerprint density at radius 2 is 1.95 bits per heavy atom. The van der Waals surface area contributed by atoms with Crippen molar-refractivity contribution in [3.63, 3.8) is 0 Å². The molecule has 0 saturated heterocycles. The monoisotopic (exact) mass is 288 g/mol. The van der Waals surface area contributed by atoms with Crippen LogP contribution in [0.2, 0.25) is 0 Å². The predicted octanol–water partition coefficient (Wildman–Crippen LogP) is -0.0355. The lowest BCUT2D eigenvalue weighted by atomic mass is 9.94. The molecule has 0 fully saturated rings. The minimum Gasteiger partial charge on any atom is -0.394 e. The maximum atomic E-state index is 11.9. The second-order valence-corrected chi connectivity index (χ2v) is 5.85. The summed E-state index contributed by atoms with van der Waals surface area (Å²) in [4.78, 5) is 0. The third-order valence-corrected chi connectivity index (χ3v) is 3.99. The number of aliphatic hydroxyl groups is 1. The summed E-state index contributed by atoms with van der Waals surface area (Å²) in [6.07, 6.45) is 0. The standard InChI is InChI=1S/C12H20N2O4S/c1-12(10-15,11-6-4-3-5-7-11)14-19(16,17)13-8-9-18-2/h3-7,13-15H,8-10H2,1-2H3. The molecule has 0 saturated carbocycles. The van der Waals surface area contributed by atoms with Crippen molar-refractivity contribution in [3.8, 4) is 0 Å². The van der Waals surface area contributed by atoms with Crippen molar-refractivity contribution in [2.45, 2.75) is 12.5 Å². The van der Waals surface area contributed by atoms with Crippen molar-refractivity contribution in [1.82, 2.24) is 9.44 Å². The minimum absolute atomic E-state index is 0.169. The molecule has 0 aliphatic carbocycles. The van der Waals surface area contributed by atoms with E-state index in [0.717, 1.165) is 0 Å². The molecule has 0 aromatic heterocycles. The Morgan fingerprint density at radius 3 is 2.47 bits per heavy atom. The molecule has 0 heterocycles. The van der Waals surface area contributed by atoms with Gasteiger partial charge < -0.3 is 9.84 Å². The molecule has 0 aliphatic rings. The summed E-state index contributed by atoms with van der Waals surface area (Å²) >= 11 is 0. The highest BCUT2D eigenvalue weighted by Gasteiger charge is 2.30. The van der Waals surface area contributed by atoms with E-state index in [1.165, 1.54) is 7.11 Å². The molecule has 0 aliphatic heterocycles. The molecule has 1 rings (SSSR count). The van der Waals surface area contributed by atoms with Crippen molar-refractivity contribution < 1.29 is 18.3 Å². The predicted molar refractivity (Wildman–Crippen MR) is 72.8 cm³/mol. The van der Waals surface area contributed by atoms with E-state index in [2.05, 4.69) is 9.44 Å². The van der Waals surface area contributed by atoms with Crippen molar-refractivity contribution >= 4 is 10.2 Å². The molecule has 1 unspecified atom stereocenters. The van der Waals surface area contributed by atoms with E-state index in [4.69, 9.17) is 4.74 Å². The van der Waals surface area contributed by atoms with Crippen LogP contribution in [0.1, 0.15) is 12.5 Å². The van der Waals surface area contributed by atoms with Crippen LogP contribution in [0, 0.1) is 0 Å². The number of hydrogen-bond acceptors (Lipinski definition) is 4. The van der Waals surface area contributed by atoms with Gasteiger partial charge in [-0.1, -0.05) is 30.3 Å². The smallest absolute Gasteiger partial charge is 0.277 e. The highest BCUT2D eigenvalue weighted by Crippen LogP contribution is 2.20. The number of hydrogen-bond donors (Lipinski definition) is 3. The van der Waals surface area contributed by atoms with Crippen LogP contribution in [0.5, 0.6) is 0 Å². The Bertz CT molecular complexity index is 478. The van der Waals surface area contributed by atoms with E-state index < -0.39 is 15.7 Å². The van der Waals surface area contributed by atoms with Crippen LogP contribution < -0.4 is 9.44 Å². The minimum atomic E-state index is -3.71. The van der Waals surface area contributed by atoms with Gasteiger partial charge in [-0.3, -0.25) is 0 Å². The first-order valence-electron chi connectivity index (χ1n) is 5.87. The van der Waals surface area contributed by atoms with Gasteiger partial charge in [0.1, 0.15) is 0 Å². The Labute approximate surface area is 114 Å². The average molecular weight is 288 g/mol. The number of rotatable bonds is 8. The van der Waals surface area contributed by atoms with Crippen molar-refractivity contribution in [3.05, 3.63) is 35.9 Å². The molecule has 6 nitrogen and oxygen atoms in total. The summed E-state index contributed by atoms with van der Waals surface area (Å²) in [5.74, 6) is 0. The first-order valence-corrected chi connectivity index (χ1v) is 7.36. The second kappa shape index (κ2) is 6.97. The number of nitrogens with one attached hydrogen (secondary N) is 2. The van der Waals surface area contributed by atoms with Gasteiger partial charge in [0.25, 0.3) is 10.2 Å². The Kier molecular flexibility index (Phi) is 5.89. The first-order chi connectivity index (χ1) is 8.93. The third-order valence-electron chi connectivity index (χ3n) is 2.69. The van der Waals surface area contributed by atoms with Crippen molar-refractivity contribution in [2.75, 3.05) is 26.9 Å². The fraction of sp³-hybridized carbons (Fsp3) is 0.500. The lowest BCUT2D eigenvalue weighted by Gasteiger charge is -2.28. The third kappa shape index (κ3) is 4.88. The van der Waals surface area contributed by atoms with Gasteiger partial charge in [-0.25, -0.2) is 0 Å². The van der Waals surface area contributed by atoms with Crippen LogP contribution in [0.4, 0.5) is 0 Å². The van der Waals surface area contributed by atoms with Gasteiger partial charge in [-0.05, 0) is 12.5 Å². The summed E-state index contributed by atoms with van der Waals surface area (Å²) in [7, 11) is -2.22. The molecular weight excluding hydrogens is 268 g/mol. The molecule has 0 spiro atoms. The summed E-state index contributed by atoms with van der Waals surface area (Å²) < 4.78 is 33.3. The zero-order valence-electron chi connectivity index (χ0n) is 11.1. The molecule has 108 valence electrons. The number of benzene rings is 1. The topological polar surface area (TPSA) is 87.7 Å². The average Bonchev–Trinajstić information content (AvgIpc) is 2.39. The van der Waals surface area contributed by atoms with Gasteiger partial charge in [-0.15, -0.1) is 0 Å². The number of aliphatic hydroxyl groups excluding tert-OH is 1. The Morgan fingerprint density at radius 1 is 1.32 bits per heavy atom. The van der Waals surface area contributed by atoms with E-state index in [-0.39, 0.29) is 19.8 Å². The molecule has 1 atom stereocenters. The molecular formula is C12H20N2O4S. The fourth-order valence-electron chi connectivity index (χ4n) is 1.60. The SMILES string of the molecule is COCCNS(=O)(=O)NC(C)(CO)c1ccccc1. The van der Waals surface area contributed by atoms with Gasteiger partial charge in [0.05, 0.1) is 18.8 Å². The summed E-state index contributed by atoms with van der Waals surface area (Å²) in [6.45, 7) is 1.73. The van der Waals surface area contributed by atoms with E-state index in [1.54, 1.807) is 31.2 Å². The molecule has 19 heavy (non-hydrogen) atoms. The van der Waals surface area contributed by atoms with Gasteiger partial charge >= 0.3 is 0 Å².